The molecule has 1 amide bonds. The van der Waals surface area contributed by atoms with E-state index in [0.717, 1.165) is 28.0 Å². The number of hydrogen-bond acceptors (Lipinski definition) is 4. The molecular weight excluding hydrogens is 433 g/mol. The first-order chi connectivity index (χ1) is 13.6. The summed E-state index contributed by atoms with van der Waals surface area (Å²) in [5.74, 6) is 0.0448. The summed E-state index contributed by atoms with van der Waals surface area (Å²) in [6.07, 6.45) is 0. The van der Waals surface area contributed by atoms with Gasteiger partial charge in [0.15, 0.2) is 5.65 Å². The number of rotatable bonds is 5. The number of nitrogens with zero attached hydrogens (tertiary/aromatic N) is 3. The van der Waals surface area contributed by atoms with Crippen molar-refractivity contribution in [1.29, 1.82) is 0 Å². The summed E-state index contributed by atoms with van der Waals surface area (Å²) in [4.78, 5) is 18.0. The Kier molecular flexibility index (Phi) is 9.06. The number of halogens is 2. The summed E-state index contributed by atoms with van der Waals surface area (Å²) >= 11 is 0. The molecule has 31 heavy (non-hydrogen) atoms. The fourth-order valence-electron chi connectivity index (χ4n) is 3.37. The molecule has 3 N–H and O–H groups in total. The maximum Gasteiger partial charge on any atom is 0.252 e. The molecule has 0 aliphatic carbocycles. The third-order valence-electron chi connectivity index (χ3n) is 5.01. The normalized spacial score (nSPS) is 12.3. The Labute approximate surface area is 196 Å². The smallest absolute Gasteiger partial charge is 0.252 e. The van der Waals surface area contributed by atoms with E-state index >= 15 is 0 Å². The lowest BCUT2D eigenvalue weighted by molar-refractivity contribution is 0.0952. The molecule has 0 saturated carbocycles. The van der Waals surface area contributed by atoms with Gasteiger partial charge in [0, 0.05) is 18.3 Å². The summed E-state index contributed by atoms with van der Waals surface area (Å²) in [6.45, 7) is 12.7. The number of carbonyl (C=O) groups is 1. The number of carbonyl (C=O) groups excluding carboxylic acids is 1. The van der Waals surface area contributed by atoms with Crippen molar-refractivity contribution in [2.45, 2.75) is 59.0 Å². The van der Waals surface area contributed by atoms with E-state index in [4.69, 9.17) is 15.8 Å². The Balaban J connectivity index is 0.00000240. The van der Waals surface area contributed by atoms with Gasteiger partial charge in [-0.3, -0.25) is 4.79 Å². The first-order valence-corrected chi connectivity index (χ1v) is 10.1. The van der Waals surface area contributed by atoms with Crippen molar-refractivity contribution in [2.24, 2.45) is 5.73 Å². The van der Waals surface area contributed by atoms with Crippen LogP contribution in [0, 0.1) is 6.92 Å². The lowest BCUT2D eigenvalue weighted by atomic mass is 10.0. The van der Waals surface area contributed by atoms with E-state index in [9.17, 15) is 4.79 Å². The number of aryl methyl sites for hydroxylation is 1. The van der Waals surface area contributed by atoms with Gasteiger partial charge < -0.3 is 11.1 Å². The van der Waals surface area contributed by atoms with Crippen molar-refractivity contribution in [3.05, 3.63) is 58.9 Å². The van der Waals surface area contributed by atoms with Gasteiger partial charge in [0.05, 0.1) is 22.2 Å². The van der Waals surface area contributed by atoms with Gasteiger partial charge in [-0.1, -0.05) is 44.2 Å². The Morgan fingerprint density at radius 1 is 1.16 bits per heavy atom. The zero-order valence-electron chi connectivity index (χ0n) is 19.0. The molecule has 8 heteroatoms. The zero-order valence-corrected chi connectivity index (χ0v) is 20.6. The second-order valence-electron chi connectivity index (χ2n) is 8.84. The van der Waals surface area contributed by atoms with Crippen molar-refractivity contribution in [3.63, 3.8) is 0 Å². The predicted octanol–water partition coefficient (Wildman–Crippen LogP) is 4.89. The molecule has 0 fully saturated rings. The van der Waals surface area contributed by atoms with Crippen molar-refractivity contribution < 1.29 is 4.79 Å². The minimum absolute atomic E-state index is 0. The minimum atomic E-state index is -0.263. The Hall–Kier alpha value is -2.15. The summed E-state index contributed by atoms with van der Waals surface area (Å²) in [5.41, 5.74) is 10.0. The second kappa shape index (κ2) is 10.4. The molecule has 0 aliphatic rings. The summed E-state index contributed by atoms with van der Waals surface area (Å²) in [6, 6.07) is 11.4. The van der Waals surface area contributed by atoms with Crippen molar-refractivity contribution in [1.82, 2.24) is 20.1 Å². The molecule has 0 spiro atoms. The van der Waals surface area contributed by atoms with Gasteiger partial charge in [-0.2, -0.15) is 5.10 Å². The van der Waals surface area contributed by atoms with E-state index in [1.807, 2.05) is 48.0 Å². The van der Waals surface area contributed by atoms with Crippen LogP contribution in [0.15, 0.2) is 36.4 Å². The average Bonchev–Trinajstić information content (AvgIpc) is 3.03. The molecule has 1 unspecified atom stereocenters. The summed E-state index contributed by atoms with van der Waals surface area (Å²) < 4.78 is 1.91. The third kappa shape index (κ3) is 5.76. The molecule has 170 valence electrons. The van der Waals surface area contributed by atoms with Crippen LogP contribution in [0.3, 0.4) is 0 Å². The molecule has 3 aromatic rings. The van der Waals surface area contributed by atoms with Gasteiger partial charge in [0.25, 0.3) is 5.91 Å². The highest BCUT2D eigenvalue weighted by atomic mass is 35.5. The first kappa shape index (κ1) is 26.9. The third-order valence-corrected chi connectivity index (χ3v) is 5.01. The number of pyridine rings is 1. The molecule has 0 saturated heterocycles. The van der Waals surface area contributed by atoms with Crippen molar-refractivity contribution in [3.8, 4) is 0 Å². The van der Waals surface area contributed by atoms with E-state index in [1.54, 1.807) is 0 Å². The van der Waals surface area contributed by atoms with E-state index in [0.29, 0.717) is 12.1 Å². The summed E-state index contributed by atoms with van der Waals surface area (Å²) in [7, 11) is 0. The molecule has 6 nitrogen and oxygen atoms in total. The van der Waals surface area contributed by atoms with E-state index in [2.05, 4.69) is 39.9 Å². The van der Waals surface area contributed by atoms with Crippen molar-refractivity contribution in [2.75, 3.05) is 6.54 Å². The van der Waals surface area contributed by atoms with Gasteiger partial charge in [-0.25, -0.2) is 9.67 Å². The molecule has 0 bridgehead atoms. The number of benzene rings is 1. The van der Waals surface area contributed by atoms with Crippen LogP contribution in [0.2, 0.25) is 0 Å². The Bertz CT molecular complexity index is 1030. The maximum absolute atomic E-state index is 13.1. The van der Waals surface area contributed by atoms with Gasteiger partial charge in [-0.15, -0.1) is 24.8 Å². The lowest BCUT2D eigenvalue weighted by Gasteiger charge is -2.20. The maximum atomic E-state index is 13.1. The number of nitrogens with two attached hydrogens (primary N) is 1. The Morgan fingerprint density at radius 2 is 1.77 bits per heavy atom. The molecule has 2 heterocycles. The van der Waals surface area contributed by atoms with E-state index in [1.165, 1.54) is 0 Å². The first-order valence-electron chi connectivity index (χ1n) is 10.1. The highest BCUT2D eigenvalue weighted by Crippen LogP contribution is 2.29. The topological polar surface area (TPSA) is 85.8 Å². The van der Waals surface area contributed by atoms with E-state index in [-0.39, 0.29) is 48.2 Å². The highest BCUT2D eigenvalue weighted by Gasteiger charge is 2.25. The molecule has 3 rings (SSSR count). The summed E-state index contributed by atoms with van der Waals surface area (Å²) in [5, 5.41) is 8.50. The SMILES string of the molecule is Cc1nn(C(C)(C)C)c2nc(C(C)C)cc(C(=O)NCC(N)c3ccccc3)c12.Cl.Cl. The standard InChI is InChI=1S/C23H31N5O.2ClH/c1-14(2)19-12-17(20-15(3)27-28(21(20)26-19)23(4,5)6)22(29)25-13-18(24)16-10-8-7-9-11-16;;/h7-12,14,18H,13,24H2,1-6H3,(H,25,29);2*1H. The predicted molar refractivity (Wildman–Crippen MR) is 132 cm³/mol. The fourth-order valence-corrected chi connectivity index (χ4v) is 3.37. The monoisotopic (exact) mass is 465 g/mol. The van der Waals surface area contributed by atoms with Gasteiger partial charge in [0.1, 0.15) is 0 Å². The molecule has 1 aromatic carbocycles. The van der Waals surface area contributed by atoms with Crippen molar-refractivity contribution >= 4 is 41.8 Å². The number of fused-ring (bicyclic) bond motifs is 1. The van der Waals surface area contributed by atoms with Crippen LogP contribution >= 0.6 is 24.8 Å². The fraction of sp³-hybridized carbons (Fsp3) is 0.435. The van der Waals surface area contributed by atoms with Gasteiger partial charge in [-0.05, 0) is 45.2 Å². The largest absolute Gasteiger partial charge is 0.350 e. The van der Waals surface area contributed by atoms with E-state index < -0.39 is 0 Å². The zero-order chi connectivity index (χ0) is 21.3. The van der Waals surface area contributed by atoms with Gasteiger partial charge in [0.2, 0.25) is 0 Å². The number of nitrogens with one attached hydrogen (secondary N) is 1. The molecule has 1 atom stereocenters. The van der Waals surface area contributed by atoms with Gasteiger partial charge >= 0.3 is 0 Å². The lowest BCUT2D eigenvalue weighted by Crippen LogP contribution is -2.32. The number of hydrogen-bond donors (Lipinski definition) is 2. The van der Waals surface area contributed by atoms with Crippen LogP contribution in [0.5, 0.6) is 0 Å². The minimum Gasteiger partial charge on any atom is -0.350 e. The average molecular weight is 466 g/mol. The molecular formula is C23H33Cl2N5O. The Morgan fingerprint density at radius 3 is 2.32 bits per heavy atom. The van der Waals surface area contributed by atoms with Crippen LogP contribution in [-0.2, 0) is 5.54 Å². The van der Waals surface area contributed by atoms with Crippen LogP contribution in [0.4, 0.5) is 0 Å². The van der Waals surface area contributed by atoms with Crippen LogP contribution in [0.25, 0.3) is 11.0 Å². The molecule has 0 radical (unpaired) electrons. The quantitative estimate of drug-likeness (QED) is 0.561. The highest BCUT2D eigenvalue weighted by molar-refractivity contribution is 6.06. The van der Waals surface area contributed by atoms with Crippen LogP contribution in [0.1, 0.15) is 73.9 Å². The molecule has 0 aliphatic heterocycles. The molecule has 2 aromatic heterocycles. The number of amides is 1. The van der Waals surface area contributed by atoms with Crippen LogP contribution < -0.4 is 11.1 Å². The number of aromatic nitrogens is 3. The van der Waals surface area contributed by atoms with Crippen LogP contribution in [-0.4, -0.2) is 27.2 Å². The second-order valence-corrected chi connectivity index (χ2v) is 8.84.